The van der Waals surface area contributed by atoms with E-state index in [9.17, 15) is 9.90 Å². The average Bonchev–Trinajstić information content (AvgIpc) is 2.55. The van der Waals surface area contributed by atoms with Crippen LogP contribution in [0.15, 0.2) is 24.3 Å². The highest BCUT2D eigenvalue weighted by Gasteiger charge is 2.29. The molecule has 0 aromatic heterocycles. The molecule has 1 aromatic rings. The van der Waals surface area contributed by atoms with Crippen molar-refractivity contribution in [3.8, 4) is 0 Å². The van der Waals surface area contributed by atoms with Crippen LogP contribution in [0.5, 0.6) is 0 Å². The number of amides is 1. The van der Waals surface area contributed by atoms with Crippen molar-refractivity contribution in [3.05, 3.63) is 29.8 Å². The zero-order valence-electron chi connectivity index (χ0n) is 16.3. The number of nitrogens with one attached hydrogen (secondary N) is 1. The molecular weight excluding hydrogens is 314 g/mol. The number of hydrogen-bond acceptors (Lipinski definition) is 4. The van der Waals surface area contributed by atoms with E-state index in [1.54, 1.807) is 0 Å². The fourth-order valence-corrected chi connectivity index (χ4v) is 3.07. The summed E-state index contributed by atoms with van der Waals surface area (Å²) >= 11 is 0. The van der Waals surface area contributed by atoms with Crippen molar-refractivity contribution in [2.24, 2.45) is 0 Å². The molecule has 1 aliphatic rings. The molecule has 1 amide bonds. The lowest BCUT2D eigenvalue weighted by Crippen LogP contribution is -2.56. The highest BCUT2D eigenvalue weighted by molar-refractivity contribution is 5.92. The number of carbonyl (C=O) groups excluding carboxylic acids is 1. The summed E-state index contributed by atoms with van der Waals surface area (Å²) in [6, 6.07) is 8.09. The fraction of sp³-hybridized carbons (Fsp3) is 0.650. The van der Waals surface area contributed by atoms with Crippen LogP contribution in [0.4, 0.5) is 5.69 Å². The van der Waals surface area contributed by atoms with Gasteiger partial charge in [-0.15, -0.1) is 0 Å². The van der Waals surface area contributed by atoms with Crippen LogP contribution in [-0.2, 0) is 10.2 Å². The summed E-state index contributed by atoms with van der Waals surface area (Å²) in [6.07, 6.45) is 0. The molecule has 0 aliphatic carbocycles. The number of aliphatic hydroxyl groups is 1. The number of anilines is 1. The molecule has 1 heterocycles. The molecule has 5 heteroatoms. The van der Waals surface area contributed by atoms with Gasteiger partial charge in [-0.2, -0.15) is 0 Å². The Morgan fingerprint density at radius 2 is 1.60 bits per heavy atom. The quantitative estimate of drug-likeness (QED) is 0.858. The van der Waals surface area contributed by atoms with Gasteiger partial charge >= 0.3 is 0 Å². The maximum atomic E-state index is 12.3. The highest BCUT2D eigenvalue weighted by Crippen LogP contribution is 2.23. The molecular formula is C20H33N3O2. The number of benzene rings is 1. The third-order valence-corrected chi connectivity index (χ3v) is 5.02. The molecule has 2 N–H and O–H groups in total. The molecule has 0 unspecified atom stereocenters. The van der Waals surface area contributed by atoms with Gasteiger partial charge in [0, 0.05) is 37.4 Å². The van der Waals surface area contributed by atoms with Crippen molar-refractivity contribution >= 4 is 11.6 Å². The van der Waals surface area contributed by atoms with Crippen molar-refractivity contribution < 1.29 is 9.90 Å². The van der Waals surface area contributed by atoms with Crippen LogP contribution in [0, 0.1) is 0 Å². The Bertz CT molecular complexity index is 568. The van der Waals surface area contributed by atoms with E-state index in [-0.39, 0.29) is 23.5 Å². The topological polar surface area (TPSA) is 55.8 Å². The first kappa shape index (κ1) is 19.9. The van der Waals surface area contributed by atoms with Crippen LogP contribution in [-0.4, -0.2) is 65.7 Å². The van der Waals surface area contributed by atoms with E-state index >= 15 is 0 Å². The van der Waals surface area contributed by atoms with Gasteiger partial charge in [0.15, 0.2) is 0 Å². The minimum atomic E-state index is -0.191. The molecule has 0 spiro atoms. The van der Waals surface area contributed by atoms with Gasteiger partial charge in [-0.3, -0.25) is 14.6 Å². The van der Waals surface area contributed by atoms with Gasteiger partial charge in [-0.25, -0.2) is 0 Å². The summed E-state index contributed by atoms with van der Waals surface area (Å²) in [5.74, 6) is 0.0263. The fourth-order valence-electron chi connectivity index (χ4n) is 3.07. The van der Waals surface area contributed by atoms with Crippen LogP contribution >= 0.6 is 0 Å². The second-order valence-corrected chi connectivity index (χ2v) is 8.61. The number of aliphatic hydroxyl groups excluding tert-OH is 1. The molecule has 0 bridgehead atoms. The van der Waals surface area contributed by atoms with Gasteiger partial charge in [0.25, 0.3) is 0 Å². The zero-order chi connectivity index (χ0) is 18.7. The summed E-state index contributed by atoms with van der Waals surface area (Å²) in [5.41, 5.74) is 2.03. The average molecular weight is 348 g/mol. The molecule has 0 radical (unpaired) electrons. The van der Waals surface area contributed by atoms with E-state index in [0.29, 0.717) is 6.54 Å². The predicted octanol–water partition coefficient (Wildman–Crippen LogP) is 2.31. The predicted molar refractivity (Wildman–Crippen MR) is 103 cm³/mol. The largest absolute Gasteiger partial charge is 0.394 e. The number of carbonyl (C=O) groups is 1. The van der Waals surface area contributed by atoms with E-state index in [1.165, 1.54) is 5.56 Å². The second-order valence-electron chi connectivity index (χ2n) is 8.61. The van der Waals surface area contributed by atoms with E-state index in [1.807, 2.05) is 12.1 Å². The minimum Gasteiger partial charge on any atom is -0.394 e. The Morgan fingerprint density at radius 1 is 1.04 bits per heavy atom. The van der Waals surface area contributed by atoms with E-state index in [2.05, 4.69) is 61.9 Å². The van der Waals surface area contributed by atoms with Gasteiger partial charge < -0.3 is 10.4 Å². The Kier molecular flexibility index (Phi) is 6.25. The molecule has 5 nitrogen and oxygen atoms in total. The van der Waals surface area contributed by atoms with Gasteiger partial charge in [0.1, 0.15) is 0 Å². The van der Waals surface area contributed by atoms with E-state index in [0.717, 1.165) is 31.9 Å². The van der Waals surface area contributed by atoms with Gasteiger partial charge in [-0.05, 0) is 37.0 Å². The van der Waals surface area contributed by atoms with Crippen LogP contribution in [0.25, 0.3) is 0 Å². The lowest BCUT2D eigenvalue weighted by Gasteiger charge is -2.43. The van der Waals surface area contributed by atoms with Gasteiger partial charge in [0.2, 0.25) is 5.91 Å². The normalized spacial score (nSPS) is 17.5. The molecule has 1 fully saturated rings. The van der Waals surface area contributed by atoms with E-state index < -0.39 is 0 Å². The zero-order valence-corrected chi connectivity index (χ0v) is 16.3. The Labute approximate surface area is 152 Å². The maximum Gasteiger partial charge on any atom is 0.238 e. The molecule has 2 rings (SSSR count). The van der Waals surface area contributed by atoms with Crippen LogP contribution in [0.1, 0.15) is 40.2 Å². The standard InChI is InChI=1S/C20H33N3O2/c1-19(2,3)16-6-8-17(9-7-16)21-18(25)14-22-10-12-23(13-11-22)20(4,5)15-24/h6-9,24H,10-15H2,1-5H3,(H,21,25). The summed E-state index contributed by atoms with van der Waals surface area (Å²) in [7, 11) is 0. The highest BCUT2D eigenvalue weighted by atomic mass is 16.3. The number of hydrogen-bond donors (Lipinski definition) is 2. The van der Waals surface area contributed by atoms with Gasteiger partial charge in [0.05, 0.1) is 13.2 Å². The van der Waals surface area contributed by atoms with Crippen molar-refractivity contribution in [3.63, 3.8) is 0 Å². The van der Waals surface area contributed by atoms with Gasteiger partial charge in [-0.1, -0.05) is 32.9 Å². The molecule has 1 aliphatic heterocycles. The maximum absolute atomic E-state index is 12.3. The number of piperazine rings is 1. The third kappa shape index (κ3) is 5.53. The molecule has 25 heavy (non-hydrogen) atoms. The van der Waals surface area contributed by atoms with Crippen molar-refractivity contribution in [1.29, 1.82) is 0 Å². The monoisotopic (exact) mass is 347 g/mol. The SMILES string of the molecule is CC(C)(C)c1ccc(NC(=O)CN2CCN(C(C)(C)CO)CC2)cc1. The first-order chi connectivity index (χ1) is 11.6. The number of nitrogens with zero attached hydrogens (tertiary/aromatic N) is 2. The summed E-state index contributed by atoms with van der Waals surface area (Å²) in [4.78, 5) is 16.7. The molecule has 0 saturated carbocycles. The van der Waals surface area contributed by atoms with Crippen molar-refractivity contribution in [2.45, 2.75) is 45.6 Å². The molecule has 1 saturated heterocycles. The lowest BCUT2D eigenvalue weighted by atomic mass is 9.87. The molecule has 0 atom stereocenters. The number of rotatable bonds is 5. The van der Waals surface area contributed by atoms with E-state index in [4.69, 9.17) is 0 Å². The molecule has 1 aromatic carbocycles. The van der Waals surface area contributed by atoms with Crippen LogP contribution in [0.3, 0.4) is 0 Å². The first-order valence-electron chi connectivity index (χ1n) is 9.10. The lowest BCUT2D eigenvalue weighted by molar-refractivity contribution is -0.118. The smallest absolute Gasteiger partial charge is 0.238 e. The summed E-state index contributed by atoms with van der Waals surface area (Å²) in [6.45, 7) is 14.6. The minimum absolute atomic E-state index is 0.0263. The summed E-state index contributed by atoms with van der Waals surface area (Å²) < 4.78 is 0. The van der Waals surface area contributed by atoms with Crippen LogP contribution < -0.4 is 5.32 Å². The van der Waals surface area contributed by atoms with Crippen LogP contribution in [0.2, 0.25) is 0 Å². The molecule has 140 valence electrons. The first-order valence-corrected chi connectivity index (χ1v) is 9.10. The summed E-state index contributed by atoms with van der Waals surface area (Å²) in [5, 5.41) is 12.5. The van der Waals surface area contributed by atoms with Crippen molar-refractivity contribution in [2.75, 3.05) is 44.6 Å². The Balaban J connectivity index is 1.82. The van der Waals surface area contributed by atoms with Crippen molar-refractivity contribution in [1.82, 2.24) is 9.80 Å². The Morgan fingerprint density at radius 3 is 2.08 bits per heavy atom. The Hall–Kier alpha value is -1.43. The third-order valence-electron chi connectivity index (χ3n) is 5.02. The second kappa shape index (κ2) is 7.85.